The third kappa shape index (κ3) is 5.37. The molecule has 0 heterocycles. The van der Waals surface area contributed by atoms with Gasteiger partial charge in [0, 0.05) is 11.0 Å². The Morgan fingerprint density at radius 2 is 1.91 bits per heavy atom. The van der Waals surface area contributed by atoms with Crippen LogP contribution in [0.3, 0.4) is 0 Å². The van der Waals surface area contributed by atoms with E-state index in [1.165, 1.54) is 0 Å². The highest BCUT2D eigenvalue weighted by Gasteiger charge is 2.10. The van der Waals surface area contributed by atoms with Crippen LogP contribution in [0.15, 0.2) is 46.9 Å². The van der Waals surface area contributed by atoms with Crippen LogP contribution in [0.5, 0.6) is 5.75 Å². The summed E-state index contributed by atoms with van der Waals surface area (Å²) in [5.41, 5.74) is 2.94. The smallest absolute Gasteiger partial charge is 0.238 e. The molecule has 0 unspecified atom stereocenters. The molecule has 2 aromatic rings. The van der Waals surface area contributed by atoms with E-state index in [0.717, 1.165) is 15.6 Å². The lowest BCUT2D eigenvalue weighted by molar-refractivity contribution is -0.117. The van der Waals surface area contributed by atoms with Gasteiger partial charge in [0.2, 0.25) is 5.91 Å². The molecule has 1 amide bonds. The Bertz CT molecular complexity index is 671. The van der Waals surface area contributed by atoms with Gasteiger partial charge in [-0.2, -0.15) is 0 Å². The number of hydrogen-bond donors (Lipinski definition) is 1. The van der Waals surface area contributed by atoms with Gasteiger partial charge in [-0.25, -0.2) is 0 Å². The average Bonchev–Trinajstić information content (AvgIpc) is 2.49. The molecule has 0 spiro atoms. The van der Waals surface area contributed by atoms with Crippen molar-refractivity contribution in [2.75, 3.05) is 26.0 Å². The van der Waals surface area contributed by atoms with Gasteiger partial charge in [-0.3, -0.25) is 9.69 Å². The molecule has 1 N–H and O–H groups in total. The van der Waals surface area contributed by atoms with E-state index < -0.39 is 0 Å². The number of nitrogens with zero attached hydrogens (tertiary/aromatic N) is 1. The van der Waals surface area contributed by atoms with Gasteiger partial charge < -0.3 is 10.1 Å². The van der Waals surface area contributed by atoms with Crippen molar-refractivity contribution in [2.24, 2.45) is 0 Å². The van der Waals surface area contributed by atoms with Gasteiger partial charge in [-0.05, 0) is 49.4 Å². The van der Waals surface area contributed by atoms with Gasteiger partial charge in [-0.1, -0.05) is 34.1 Å². The summed E-state index contributed by atoms with van der Waals surface area (Å²) in [5, 5.41) is 2.91. The second-order valence-corrected chi connectivity index (χ2v) is 6.47. The number of likely N-dealkylation sites (N-methyl/N-ethyl adjacent to an activating group) is 1. The lowest BCUT2D eigenvalue weighted by Crippen LogP contribution is -2.30. The summed E-state index contributed by atoms with van der Waals surface area (Å²) >= 11 is 3.42. The van der Waals surface area contributed by atoms with Gasteiger partial charge >= 0.3 is 0 Å². The molecule has 0 radical (unpaired) electrons. The maximum Gasteiger partial charge on any atom is 0.238 e. The number of rotatable bonds is 6. The van der Waals surface area contributed by atoms with Crippen molar-refractivity contribution in [3.8, 4) is 5.75 Å². The van der Waals surface area contributed by atoms with E-state index >= 15 is 0 Å². The zero-order valence-corrected chi connectivity index (χ0v) is 15.2. The first-order chi connectivity index (χ1) is 11.0. The van der Waals surface area contributed by atoms with Crippen LogP contribution in [-0.2, 0) is 11.3 Å². The minimum atomic E-state index is -0.0616. The fourth-order valence-electron chi connectivity index (χ4n) is 2.31. The van der Waals surface area contributed by atoms with Crippen LogP contribution >= 0.6 is 15.9 Å². The van der Waals surface area contributed by atoms with Crippen molar-refractivity contribution >= 4 is 27.5 Å². The molecule has 0 fully saturated rings. The average molecular weight is 377 g/mol. The van der Waals surface area contributed by atoms with Crippen LogP contribution in [0.4, 0.5) is 5.69 Å². The van der Waals surface area contributed by atoms with Gasteiger partial charge in [0.1, 0.15) is 5.75 Å². The van der Waals surface area contributed by atoms with E-state index in [9.17, 15) is 4.79 Å². The molecule has 0 bridgehead atoms. The minimum Gasteiger partial charge on any atom is -0.495 e. The Kier molecular flexibility index (Phi) is 6.19. The van der Waals surface area contributed by atoms with E-state index in [1.54, 1.807) is 7.11 Å². The Hall–Kier alpha value is -1.85. The first-order valence-corrected chi connectivity index (χ1v) is 8.14. The molecule has 0 aliphatic heterocycles. The van der Waals surface area contributed by atoms with Gasteiger partial charge in [0.05, 0.1) is 19.3 Å². The number of hydrogen-bond acceptors (Lipinski definition) is 3. The molecule has 0 aliphatic carbocycles. The van der Waals surface area contributed by atoms with Crippen LogP contribution in [-0.4, -0.2) is 31.5 Å². The summed E-state index contributed by atoms with van der Waals surface area (Å²) in [6.45, 7) is 3.01. The Morgan fingerprint density at radius 3 is 2.57 bits per heavy atom. The zero-order valence-electron chi connectivity index (χ0n) is 13.6. The number of anilines is 1. The number of nitrogens with one attached hydrogen (secondary N) is 1. The highest BCUT2D eigenvalue weighted by Crippen LogP contribution is 2.25. The number of halogens is 1. The van der Waals surface area contributed by atoms with E-state index in [2.05, 4.69) is 21.2 Å². The Morgan fingerprint density at radius 1 is 1.22 bits per heavy atom. The molecule has 0 aliphatic rings. The van der Waals surface area contributed by atoms with Gasteiger partial charge in [0.25, 0.3) is 0 Å². The van der Waals surface area contributed by atoms with E-state index in [4.69, 9.17) is 4.74 Å². The van der Waals surface area contributed by atoms with Crippen LogP contribution in [0.1, 0.15) is 11.1 Å². The first-order valence-electron chi connectivity index (χ1n) is 7.35. The molecule has 5 heteroatoms. The topological polar surface area (TPSA) is 41.6 Å². The highest BCUT2D eigenvalue weighted by molar-refractivity contribution is 9.10. The van der Waals surface area contributed by atoms with Crippen LogP contribution < -0.4 is 10.1 Å². The van der Waals surface area contributed by atoms with Crippen molar-refractivity contribution in [1.82, 2.24) is 4.90 Å². The maximum absolute atomic E-state index is 12.2. The molecule has 2 aromatic carbocycles. The number of methoxy groups -OCH3 is 1. The molecule has 0 saturated heterocycles. The minimum absolute atomic E-state index is 0.0616. The third-order valence-corrected chi connectivity index (χ3v) is 3.94. The van der Waals surface area contributed by atoms with E-state index in [-0.39, 0.29) is 5.91 Å². The van der Waals surface area contributed by atoms with Crippen molar-refractivity contribution in [3.63, 3.8) is 0 Å². The Labute approximate surface area is 145 Å². The molecule has 0 atom stereocenters. The molecule has 122 valence electrons. The summed E-state index contributed by atoms with van der Waals surface area (Å²) in [6, 6.07) is 13.8. The zero-order chi connectivity index (χ0) is 16.8. The lowest BCUT2D eigenvalue weighted by Gasteiger charge is -2.17. The second kappa shape index (κ2) is 8.13. The van der Waals surface area contributed by atoms with Crippen LogP contribution in [0.2, 0.25) is 0 Å². The molecular formula is C18H21BrN2O2. The van der Waals surface area contributed by atoms with Crippen LogP contribution in [0, 0.1) is 6.92 Å². The number of ether oxygens (including phenoxy) is 1. The third-order valence-electron chi connectivity index (χ3n) is 3.41. The SMILES string of the molecule is COc1ccc(C)cc1NC(=O)CN(C)Cc1ccc(Br)cc1. The number of aryl methyl sites for hydroxylation is 1. The van der Waals surface area contributed by atoms with E-state index in [1.807, 2.05) is 61.3 Å². The molecule has 23 heavy (non-hydrogen) atoms. The van der Waals surface area contributed by atoms with Gasteiger partial charge in [0.15, 0.2) is 0 Å². The number of carbonyl (C=O) groups excluding carboxylic acids is 1. The standard InChI is InChI=1S/C18H21BrN2O2/c1-13-4-9-17(23-3)16(10-13)20-18(22)12-21(2)11-14-5-7-15(19)8-6-14/h4-10H,11-12H2,1-3H3,(H,20,22). The van der Waals surface area contributed by atoms with Crippen molar-refractivity contribution in [3.05, 3.63) is 58.1 Å². The fraction of sp³-hybridized carbons (Fsp3) is 0.278. The van der Waals surface area contributed by atoms with Gasteiger partial charge in [-0.15, -0.1) is 0 Å². The molecule has 0 saturated carbocycles. The van der Waals surface area contributed by atoms with Crippen molar-refractivity contribution in [1.29, 1.82) is 0 Å². The monoisotopic (exact) mass is 376 g/mol. The number of carbonyl (C=O) groups is 1. The fourth-order valence-corrected chi connectivity index (χ4v) is 2.58. The largest absolute Gasteiger partial charge is 0.495 e. The second-order valence-electron chi connectivity index (χ2n) is 5.55. The number of amides is 1. The molecule has 2 rings (SSSR count). The lowest BCUT2D eigenvalue weighted by atomic mass is 10.2. The summed E-state index contributed by atoms with van der Waals surface area (Å²) in [5.74, 6) is 0.605. The quantitative estimate of drug-likeness (QED) is 0.832. The van der Waals surface area contributed by atoms with Crippen molar-refractivity contribution in [2.45, 2.75) is 13.5 Å². The molecule has 4 nitrogen and oxygen atoms in total. The van der Waals surface area contributed by atoms with Crippen molar-refractivity contribution < 1.29 is 9.53 Å². The first kappa shape index (κ1) is 17.5. The summed E-state index contributed by atoms with van der Waals surface area (Å²) < 4.78 is 6.33. The predicted octanol–water partition coefficient (Wildman–Crippen LogP) is 3.84. The number of benzene rings is 2. The Balaban J connectivity index is 1.94. The summed E-state index contributed by atoms with van der Waals surface area (Å²) in [4.78, 5) is 14.2. The normalized spacial score (nSPS) is 10.7. The summed E-state index contributed by atoms with van der Waals surface area (Å²) in [6.07, 6.45) is 0. The molecule has 0 aromatic heterocycles. The molecular weight excluding hydrogens is 356 g/mol. The predicted molar refractivity (Wildman–Crippen MR) is 96.8 cm³/mol. The van der Waals surface area contributed by atoms with Crippen LogP contribution in [0.25, 0.3) is 0 Å². The maximum atomic E-state index is 12.2. The van der Waals surface area contributed by atoms with E-state index in [0.29, 0.717) is 24.5 Å². The summed E-state index contributed by atoms with van der Waals surface area (Å²) in [7, 11) is 3.52. The highest BCUT2D eigenvalue weighted by atomic mass is 79.9.